The molecule has 0 saturated carbocycles. The predicted octanol–water partition coefficient (Wildman–Crippen LogP) is 2.75. The Balaban J connectivity index is 2.73. The van der Waals surface area contributed by atoms with E-state index in [1.807, 2.05) is 0 Å². The summed E-state index contributed by atoms with van der Waals surface area (Å²) >= 11 is 0. The van der Waals surface area contributed by atoms with Gasteiger partial charge >= 0.3 is 0 Å². The zero-order valence-corrected chi connectivity index (χ0v) is 8.34. The maximum Gasteiger partial charge on any atom is 0.297 e. The van der Waals surface area contributed by atoms with E-state index in [4.69, 9.17) is 0 Å². The van der Waals surface area contributed by atoms with Crippen LogP contribution in [0.1, 0.15) is 12.2 Å². The molecule has 1 aromatic heterocycles. The molecule has 1 N–H and O–H groups in total. The smallest absolute Gasteiger partial charge is 0.297 e. The molecule has 0 bridgehead atoms. The Morgan fingerprint density at radius 2 is 2.00 bits per heavy atom. The van der Waals surface area contributed by atoms with Gasteiger partial charge in [0.2, 0.25) is 0 Å². The molecule has 0 fully saturated rings. The molecular formula is C10H8F3N3. The Labute approximate surface area is 89.3 Å². The summed E-state index contributed by atoms with van der Waals surface area (Å²) in [5.41, 5.74) is 0.162. The summed E-state index contributed by atoms with van der Waals surface area (Å²) in [6, 6.07) is 3.78. The van der Waals surface area contributed by atoms with Gasteiger partial charge in [0.1, 0.15) is 11.6 Å². The number of anilines is 1. The summed E-state index contributed by atoms with van der Waals surface area (Å²) in [7, 11) is 1.56. The van der Waals surface area contributed by atoms with Crippen molar-refractivity contribution in [2.75, 3.05) is 12.4 Å². The van der Waals surface area contributed by atoms with Gasteiger partial charge in [0, 0.05) is 18.5 Å². The Morgan fingerprint density at radius 1 is 1.25 bits per heavy atom. The van der Waals surface area contributed by atoms with Gasteiger partial charge in [0.05, 0.1) is 5.52 Å². The van der Waals surface area contributed by atoms with Crippen molar-refractivity contribution in [2.24, 2.45) is 0 Å². The zero-order chi connectivity index (χ0) is 11.7. The Hall–Kier alpha value is -1.85. The van der Waals surface area contributed by atoms with Crippen LogP contribution in [0.4, 0.5) is 19.0 Å². The average Bonchev–Trinajstić information content (AvgIpc) is 2.26. The third-order valence-electron chi connectivity index (χ3n) is 2.11. The predicted molar refractivity (Wildman–Crippen MR) is 54.0 cm³/mol. The van der Waals surface area contributed by atoms with Crippen LogP contribution in [-0.4, -0.2) is 17.0 Å². The number of hydrogen-bond donors (Lipinski definition) is 1. The summed E-state index contributed by atoms with van der Waals surface area (Å²) < 4.78 is 37.9. The van der Waals surface area contributed by atoms with Crippen LogP contribution in [-0.2, 0) is 0 Å². The number of hydrogen-bond acceptors (Lipinski definition) is 3. The molecule has 0 aliphatic rings. The molecule has 6 heteroatoms. The van der Waals surface area contributed by atoms with Gasteiger partial charge in [0.15, 0.2) is 5.82 Å². The third-order valence-corrected chi connectivity index (χ3v) is 2.11. The minimum Gasteiger partial charge on any atom is -0.373 e. The van der Waals surface area contributed by atoms with Crippen LogP contribution in [0.5, 0.6) is 0 Å². The monoisotopic (exact) mass is 227 g/mol. The average molecular weight is 227 g/mol. The van der Waals surface area contributed by atoms with Crippen molar-refractivity contribution >= 4 is 16.7 Å². The molecule has 0 atom stereocenters. The maximum absolute atomic E-state index is 12.9. The molecule has 2 aromatic rings. The van der Waals surface area contributed by atoms with E-state index in [1.54, 1.807) is 7.05 Å². The molecule has 84 valence electrons. The molecule has 0 aliphatic carbocycles. The number of alkyl halides is 2. The highest BCUT2D eigenvalue weighted by atomic mass is 19.3. The quantitative estimate of drug-likeness (QED) is 0.857. The minimum atomic E-state index is -2.78. The molecule has 3 nitrogen and oxygen atoms in total. The van der Waals surface area contributed by atoms with Gasteiger partial charge in [-0.25, -0.2) is 23.1 Å². The first-order valence-electron chi connectivity index (χ1n) is 4.55. The van der Waals surface area contributed by atoms with Crippen LogP contribution < -0.4 is 5.32 Å². The van der Waals surface area contributed by atoms with Crippen molar-refractivity contribution in [3.05, 3.63) is 29.8 Å². The van der Waals surface area contributed by atoms with Crippen molar-refractivity contribution < 1.29 is 13.2 Å². The van der Waals surface area contributed by atoms with Gasteiger partial charge in [-0.15, -0.1) is 0 Å². The standard InChI is InChI=1S/C10H8F3N3/c1-14-9-6-3-2-5(11)4-7(6)15-10(16-9)8(12)13/h2-4,8H,1H3,(H,14,15,16). The molecule has 0 spiro atoms. The van der Waals surface area contributed by atoms with E-state index in [-0.39, 0.29) is 11.3 Å². The number of fused-ring (bicyclic) bond motifs is 1. The molecule has 0 unspecified atom stereocenters. The number of benzene rings is 1. The summed E-state index contributed by atoms with van der Waals surface area (Å²) in [6.07, 6.45) is -2.78. The van der Waals surface area contributed by atoms with Gasteiger partial charge in [-0.2, -0.15) is 0 Å². The summed E-state index contributed by atoms with van der Waals surface area (Å²) in [5, 5.41) is 3.19. The molecule has 2 rings (SSSR count). The molecule has 1 aromatic carbocycles. The largest absolute Gasteiger partial charge is 0.373 e. The van der Waals surface area contributed by atoms with Gasteiger partial charge in [-0.1, -0.05) is 0 Å². The first-order valence-corrected chi connectivity index (χ1v) is 4.55. The highest BCUT2D eigenvalue weighted by Crippen LogP contribution is 2.24. The van der Waals surface area contributed by atoms with Crippen LogP contribution in [0.3, 0.4) is 0 Å². The van der Waals surface area contributed by atoms with Crippen LogP contribution >= 0.6 is 0 Å². The van der Waals surface area contributed by atoms with Crippen LogP contribution in [0.15, 0.2) is 18.2 Å². The second kappa shape index (κ2) is 3.96. The normalized spacial score (nSPS) is 11.1. The van der Waals surface area contributed by atoms with E-state index >= 15 is 0 Å². The molecule has 0 radical (unpaired) electrons. The van der Waals surface area contributed by atoms with E-state index in [9.17, 15) is 13.2 Å². The molecule has 0 saturated heterocycles. The van der Waals surface area contributed by atoms with Gasteiger partial charge in [0.25, 0.3) is 6.43 Å². The topological polar surface area (TPSA) is 37.8 Å². The lowest BCUT2D eigenvalue weighted by atomic mass is 10.2. The fourth-order valence-corrected chi connectivity index (χ4v) is 1.41. The van der Waals surface area contributed by atoms with E-state index in [0.29, 0.717) is 5.39 Å². The second-order valence-corrected chi connectivity index (χ2v) is 3.14. The van der Waals surface area contributed by atoms with E-state index < -0.39 is 18.1 Å². The SMILES string of the molecule is CNc1nc(C(F)F)nc2cc(F)ccc12. The zero-order valence-electron chi connectivity index (χ0n) is 8.34. The third kappa shape index (κ3) is 1.78. The lowest BCUT2D eigenvalue weighted by Gasteiger charge is -2.07. The van der Waals surface area contributed by atoms with Gasteiger partial charge < -0.3 is 5.32 Å². The van der Waals surface area contributed by atoms with E-state index in [0.717, 1.165) is 6.07 Å². The number of rotatable bonds is 2. The van der Waals surface area contributed by atoms with Gasteiger partial charge in [-0.05, 0) is 12.1 Å². The molecule has 16 heavy (non-hydrogen) atoms. The molecular weight excluding hydrogens is 219 g/mol. The summed E-state index contributed by atoms with van der Waals surface area (Å²) in [6.45, 7) is 0. The Kier molecular flexibility index (Phi) is 2.64. The van der Waals surface area contributed by atoms with E-state index in [2.05, 4.69) is 15.3 Å². The van der Waals surface area contributed by atoms with Crippen molar-refractivity contribution in [1.29, 1.82) is 0 Å². The fourth-order valence-electron chi connectivity index (χ4n) is 1.41. The Morgan fingerprint density at radius 3 is 2.62 bits per heavy atom. The number of halogens is 3. The lowest BCUT2D eigenvalue weighted by molar-refractivity contribution is 0.141. The first kappa shape index (κ1) is 10.7. The number of aromatic nitrogens is 2. The van der Waals surface area contributed by atoms with Crippen molar-refractivity contribution in [3.8, 4) is 0 Å². The van der Waals surface area contributed by atoms with Crippen molar-refractivity contribution in [3.63, 3.8) is 0 Å². The minimum absolute atomic E-state index is 0.162. The maximum atomic E-state index is 12.9. The van der Waals surface area contributed by atoms with Crippen LogP contribution in [0.2, 0.25) is 0 Å². The number of nitrogens with one attached hydrogen (secondary N) is 1. The second-order valence-electron chi connectivity index (χ2n) is 3.14. The Bertz CT molecular complexity index is 528. The van der Waals surface area contributed by atoms with Gasteiger partial charge in [-0.3, -0.25) is 0 Å². The highest BCUT2D eigenvalue weighted by Gasteiger charge is 2.14. The number of nitrogens with zero attached hydrogens (tertiary/aromatic N) is 2. The molecule has 0 aliphatic heterocycles. The summed E-state index contributed by atoms with van der Waals surface area (Å²) in [5.74, 6) is -0.865. The molecule has 1 heterocycles. The highest BCUT2D eigenvalue weighted by molar-refractivity contribution is 5.88. The fraction of sp³-hybridized carbons (Fsp3) is 0.200. The van der Waals surface area contributed by atoms with Crippen LogP contribution in [0, 0.1) is 5.82 Å². The van der Waals surface area contributed by atoms with Crippen LogP contribution in [0.25, 0.3) is 10.9 Å². The summed E-state index contributed by atoms with van der Waals surface area (Å²) in [4.78, 5) is 7.26. The lowest BCUT2D eigenvalue weighted by Crippen LogP contribution is -2.02. The first-order chi connectivity index (χ1) is 7.61. The van der Waals surface area contributed by atoms with Crippen molar-refractivity contribution in [1.82, 2.24) is 9.97 Å². The molecule has 0 amide bonds. The van der Waals surface area contributed by atoms with E-state index in [1.165, 1.54) is 12.1 Å². The van der Waals surface area contributed by atoms with Crippen molar-refractivity contribution in [2.45, 2.75) is 6.43 Å².